The summed E-state index contributed by atoms with van der Waals surface area (Å²) >= 11 is 0.976. The molecule has 2 aliphatic heterocycles. The Balaban J connectivity index is 1.23. The maximum Gasteiger partial charge on any atom is 0.349 e. The molecule has 0 aliphatic carbocycles. The summed E-state index contributed by atoms with van der Waals surface area (Å²) in [6.07, 6.45) is 0.500. The van der Waals surface area contributed by atoms with Crippen LogP contribution in [0, 0.1) is 0 Å². The minimum absolute atomic E-state index is 0.0112. The van der Waals surface area contributed by atoms with Gasteiger partial charge in [0.25, 0.3) is 11.8 Å². The Morgan fingerprint density at radius 2 is 1.60 bits per heavy atom. The van der Waals surface area contributed by atoms with E-state index in [1.54, 1.807) is 24.3 Å². The highest BCUT2D eigenvalue weighted by Crippen LogP contribution is 2.41. The first-order valence-electron chi connectivity index (χ1n) is 17.0. The van der Waals surface area contributed by atoms with Gasteiger partial charge in [-0.15, -0.1) is 11.3 Å². The molecule has 2 amide bonds. The van der Waals surface area contributed by atoms with E-state index < -0.39 is 33.8 Å². The lowest BCUT2D eigenvalue weighted by Crippen LogP contribution is -2.47. The molecule has 274 valence electrons. The van der Waals surface area contributed by atoms with Crippen molar-refractivity contribution in [3.63, 3.8) is 0 Å². The largest absolute Gasteiger partial charge is 0.493 e. The Hall–Kier alpha value is -4.76. The van der Waals surface area contributed by atoms with Crippen LogP contribution in [-0.4, -0.2) is 90.1 Å². The van der Waals surface area contributed by atoms with Crippen molar-refractivity contribution in [2.45, 2.75) is 36.7 Å². The van der Waals surface area contributed by atoms with E-state index in [2.05, 4.69) is 33.6 Å². The van der Waals surface area contributed by atoms with Gasteiger partial charge in [-0.1, -0.05) is 42.5 Å². The molecule has 3 heterocycles. The average Bonchev–Trinajstić information content (AvgIpc) is 3.78. The van der Waals surface area contributed by atoms with Crippen LogP contribution in [0.2, 0.25) is 0 Å². The molecular formula is C38H42N4O8S2. The van der Waals surface area contributed by atoms with Crippen molar-refractivity contribution >= 4 is 44.8 Å². The molecule has 0 spiro atoms. The summed E-state index contributed by atoms with van der Waals surface area (Å²) in [6.45, 7) is 5.16. The molecule has 0 radical (unpaired) electrons. The summed E-state index contributed by atoms with van der Waals surface area (Å²) < 4.78 is 44.6. The van der Waals surface area contributed by atoms with Crippen molar-refractivity contribution in [2.75, 3.05) is 59.0 Å². The maximum atomic E-state index is 14.5. The smallest absolute Gasteiger partial charge is 0.349 e. The summed E-state index contributed by atoms with van der Waals surface area (Å²) in [5.41, 5.74) is 3.31. The van der Waals surface area contributed by atoms with Crippen LogP contribution in [-0.2, 0) is 14.8 Å². The molecule has 1 saturated heterocycles. The monoisotopic (exact) mass is 746 g/mol. The van der Waals surface area contributed by atoms with E-state index in [9.17, 15) is 22.8 Å². The van der Waals surface area contributed by atoms with Gasteiger partial charge in [0.05, 0.1) is 44.2 Å². The van der Waals surface area contributed by atoms with Gasteiger partial charge in [0.1, 0.15) is 9.77 Å². The van der Waals surface area contributed by atoms with Crippen LogP contribution in [0.3, 0.4) is 0 Å². The van der Waals surface area contributed by atoms with E-state index in [0.29, 0.717) is 41.3 Å². The van der Waals surface area contributed by atoms with Gasteiger partial charge < -0.3 is 19.1 Å². The lowest BCUT2D eigenvalue weighted by Gasteiger charge is -2.39. The molecule has 2 atom stereocenters. The van der Waals surface area contributed by atoms with Crippen molar-refractivity contribution in [2.24, 2.45) is 0 Å². The fraction of sp³-hybridized carbons (Fsp3) is 0.342. The number of amides is 2. The molecule has 52 heavy (non-hydrogen) atoms. The number of rotatable bonds is 14. The summed E-state index contributed by atoms with van der Waals surface area (Å²) in [4.78, 5) is 46.5. The Kier molecular flexibility index (Phi) is 11.3. The number of carbonyl (C=O) groups is 3. The van der Waals surface area contributed by atoms with Gasteiger partial charge in [-0.2, -0.15) is 0 Å². The van der Waals surface area contributed by atoms with Crippen LogP contribution in [0.15, 0.2) is 83.1 Å². The topological polar surface area (TPSA) is 135 Å². The third-order valence-corrected chi connectivity index (χ3v) is 12.3. The number of carbonyl (C=O) groups excluding carboxylic acids is 3. The van der Waals surface area contributed by atoms with Gasteiger partial charge in [-0.3, -0.25) is 19.4 Å². The Morgan fingerprint density at radius 1 is 0.865 bits per heavy atom. The number of esters is 1. The second-order valence-electron chi connectivity index (χ2n) is 12.6. The van der Waals surface area contributed by atoms with Gasteiger partial charge in [0.2, 0.25) is 10.0 Å². The van der Waals surface area contributed by atoms with Crippen molar-refractivity contribution in [3.05, 3.63) is 105 Å². The van der Waals surface area contributed by atoms with Crippen LogP contribution in [0.4, 0.5) is 5.69 Å². The van der Waals surface area contributed by atoms with Crippen molar-refractivity contribution in [1.82, 2.24) is 14.5 Å². The van der Waals surface area contributed by atoms with Gasteiger partial charge in [-0.05, 0) is 66.6 Å². The van der Waals surface area contributed by atoms with Gasteiger partial charge >= 0.3 is 5.97 Å². The Morgan fingerprint density at radius 3 is 2.29 bits per heavy atom. The number of hydrogen-bond acceptors (Lipinski definition) is 11. The average molecular weight is 747 g/mol. The molecule has 4 aromatic rings. The molecule has 12 nitrogen and oxygen atoms in total. The highest BCUT2D eigenvalue weighted by molar-refractivity contribution is 7.89. The number of piperazine rings is 1. The van der Waals surface area contributed by atoms with E-state index in [1.807, 2.05) is 30.3 Å². The third kappa shape index (κ3) is 7.29. The molecule has 6 rings (SSSR count). The molecule has 1 aromatic heterocycles. The highest BCUT2D eigenvalue weighted by Gasteiger charge is 2.43. The first kappa shape index (κ1) is 37.0. The number of sulfonamides is 1. The normalized spacial score (nSPS) is 16.1. The standard InChI is InChI=1S/C38H42N4O8S2/c1-25(26-10-6-5-7-11-26)40-19-21-41(22-20-40)30-13-8-12-28-34(30)37(44)42(36(28)43)29(27-15-16-31(48-2)32(24-27)49-3)14-9-18-39-52(46,47)33-17-23-51-35(33)38(45)50-4/h5-8,10-13,15-17,23-25,29,39H,9,14,18-22H2,1-4H3/t25-,29?/m1/s1. The van der Waals surface area contributed by atoms with Gasteiger partial charge in [-0.25, -0.2) is 17.9 Å². The Bertz CT molecular complexity index is 2040. The van der Waals surface area contributed by atoms with E-state index in [4.69, 9.17) is 14.2 Å². The lowest BCUT2D eigenvalue weighted by atomic mass is 9.99. The molecule has 1 unspecified atom stereocenters. The predicted molar refractivity (Wildman–Crippen MR) is 198 cm³/mol. The molecule has 2 aliphatic rings. The zero-order chi connectivity index (χ0) is 37.0. The first-order valence-corrected chi connectivity index (χ1v) is 19.4. The lowest BCUT2D eigenvalue weighted by molar-refractivity contribution is 0.0568. The highest BCUT2D eigenvalue weighted by atomic mass is 32.2. The number of benzene rings is 3. The predicted octanol–water partition coefficient (Wildman–Crippen LogP) is 5.53. The molecule has 1 N–H and O–H groups in total. The van der Waals surface area contributed by atoms with E-state index in [1.165, 1.54) is 43.2 Å². The maximum absolute atomic E-state index is 14.5. The van der Waals surface area contributed by atoms with Gasteiger partial charge in [0, 0.05) is 38.8 Å². The van der Waals surface area contributed by atoms with Crippen molar-refractivity contribution < 1.29 is 37.0 Å². The third-order valence-electron chi connectivity index (χ3n) is 9.75. The van der Waals surface area contributed by atoms with Gasteiger partial charge in [0.15, 0.2) is 11.5 Å². The number of anilines is 1. The SMILES string of the molecule is COC(=O)c1sccc1S(=O)(=O)NCCCC(c1ccc(OC)c(OC)c1)N1C(=O)c2cccc(N3CCN([C@H](C)c4ccccc4)CC3)c2C1=O. The first-order chi connectivity index (χ1) is 25.1. The number of nitrogens with zero attached hydrogens (tertiary/aromatic N) is 3. The van der Waals surface area contributed by atoms with Crippen molar-refractivity contribution in [1.29, 1.82) is 0 Å². The summed E-state index contributed by atoms with van der Waals surface area (Å²) in [7, 11) is 0.173. The van der Waals surface area contributed by atoms with Crippen molar-refractivity contribution in [3.8, 4) is 11.5 Å². The molecular weight excluding hydrogens is 705 g/mol. The van der Waals surface area contributed by atoms with E-state index in [0.717, 1.165) is 30.1 Å². The van der Waals surface area contributed by atoms with Crippen LogP contribution >= 0.6 is 11.3 Å². The molecule has 3 aromatic carbocycles. The van der Waals surface area contributed by atoms with Crippen LogP contribution < -0.4 is 19.1 Å². The van der Waals surface area contributed by atoms with Crippen LogP contribution in [0.5, 0.6) is 11.5 Å². The number of ether oxygens (including phenoxy) is 3. The summed E-state index contributed by atoms with van der Waals surface area (Å²) in [5.74, 6) is -0.646. The minimum atomic E-state index is -4.05. The molecule has 1 fully saturated rings. The number of imide groups is 1. The summed E-state index contributed by atoms with van der Waals surface area (Å²) in [5, 5.41) is 1.51. The summed E-state index contributed by atoms with van der Waals surface area (Å²) in [6, 6.07) is 21.9. The number of hydrogen-bond donors (Lipinski definition) is 1. The zero-order valence-electron chi connectivity index (χ0n) is 29.5. The fourth-order valence-corrected chi connectivity index (χ4v) is 9.37. The number of nitrogens with one attached hydrogen (secondary N) is 1. The van der Waals surface area contributed by atoms with Crippen LogP contribution in [0.1, 0.15) is 73.4 Å². The minimum Gasteiger partial charge on any atom is -0.493 e. The Labute approximate surface area is 307 Å². The zero-order valence-corrected chi connectivity index (χ0v) is 31.2. The van der Waals surface area contributed by atoms with Crippen LogP contribution in [0.25, 0.3) is 0 Å². The molecule has 0 bridgehead atoms. The second kappa shape index (κ2) is 15.9. The quantitative estimate of drug-likeness (QED) is 0.0998. The second-order valence-corrected chi connectivity index (χ2v) is 15.2. The van der Waals surface area contributed by atoms with E-state index >= 15 is 0 Å². The number of methoxy groups -OCH3 is 3. The molecule has 14 heteroatoms. The van der Waals surface area contributed by atoms with E-state index in [-0.39, 0.29) is 35.2 Å². The molecule has 0 saturated carbocycles. The fourth-order valence-electron chi connectivity index (χ4n) is 6.96. The number of fused-ring (bicyclic) bond motifs is 1. The number of thiophene rings is 1.